The Bertz CT molecular complexity index is 1220. The van der Waals surface area contributed by atoms with Crippen molar-refractivity contribution in [3.8, 4) is 5.69 Å². The summed E-state index contributed by atoms with van der Waals surface area (Å²) < 4.78 is 66.4. The topological polar surface area (TPSA) is 84.3 Å². The number of rotatable bonds is 9. The highest BCUT2D eigenvalue weighted by Gasteiger charge is 2.35. The lowest BCUT2D eigenvalue weighted by molar-refractivity contribution is -0.142. The first-order valence-corrected chi connectivity index (χ1v) is 12.1. The van der Waals surface area contributed by atoms with E-state index in [2.05, 4.69) is 10.4 Å². The van der Waals surface area contributed by atoms with E-state index in [1.54, 1.807) is 26.0 Å². The molecule has 0 spiro atoms. The fraction of sp³-hybridized carbons (Fsp3) is 0.304. The highest BCUT2D eigenvalue weighted by Crippen LogP contribution is 2.30. The van der Waals surface area contributed by atoms with E-state index < -0.39 is 21.9 Å². The number of alkyl halides is 3. The van der Waals surface area contributed by atoms with Crippen molar-refractivity contribution in [3.05, 3.63) is 72.1 Å². The minimum absolute atomic E-state index is 0.154. The van der Waals surface area contributed by atoms with Crippen molar-refractivity contribution >= 4 is 21.6 Å². The fourth-order valence-electron chi connectivity index (χ4n) is 3.43. The van der Waals surface area contributed by atoms with E-state index in [0.717, 1.165) is 22.5 Å². The van der Waals surface area contributed by atoms with Gasteiger partial charge in [0.2, 0.25) is 15.9 Å². The van der Waals surface area contributed by atoms with Gasteiger partial charge in [0.05, 0.1) is 16.8 Å². The van der Waals surface area contributed by atoms with Crippen LogP contribution in [-0.2, 0) is 27.4 Å². The van der Waals surface area contributed by atoms with Crippen molar-refractivity contribution < 1.29 is 26.4 Å². The van der Waals surface area contributed by atoms with Crippen LogP contribution in [0.2, 0.25) is 0 Å². The summed E-state index contributed by atoms with van der Waals surface area (Å²) in [6.07, 6.45) is -2.90. The number of aryl methyl sites for hydroxylation is 1. The Morgan fingerprint density at radius 2 is 1.62 bits per heavy atom. The Kier molecular flexibility index (Phi) is 7.78. The highest BCUT2D eigenvalue weighted by molar-refractivity contribution is 7.89. The average molecular weight is 495 g/mol. The van der Waals surface area contributed by atoms with Gasteiger partial charge in [-0.1, -0.05) is 26.0 Å². The second-order valence-corrected chi connectivity index (χ2v) is 9.39. The van der Waals surface area contributed by atoms with Crippen LogP contribution in [0.3, 0.4) is 0 Å². The fourth-order valence-corrected chi connectivity index (χ4v) is 4.89. The molecule has 34 heavy (non-hydrogen) atoms. The number of carbonyl (C=O) groups excluding carboxylic acids is 1. The van der Waals surface area contributed by atoms with Crippen molar-refractivity contribution in [1.82, 2.24) is 14.1 Å². The number of benzene rings is 2. The number of hydrogen-bond acceptors (Lipinski definition) is 4. The van der Waals surface area contributed by atoms with Crippen LogP contribution in [0.15, 0.2) is 65.7 Å². The van der Waals surface area contributed by atoms with Crippen molar-refractivity contribution in [1.29, 1.82) is 0 Å². The van der Waals surface area contributed by atoms with E-state index >= 15 is 0 Å². The molecular formula is C23H25F3N4O3S. The van der Waals surface area contributed by atoms with Gasteiger partial charge in [0, 0.05) is 25.2 Å². The number of carbonyl (C=O) groups is 1. The molecular weight excluding hydrogens is 469 g/mol. The molecule has 0 bridgehead atoms. The zero-order valence-corrected chi connectivity index (χ0v) is 19.5. The molecule has 0 aliphatic heterocycles. The Morgan fingerprint density at radius 1 is 1.00 bits per heavy atom. The standard InChI is InChI=1S/C23H25F3N4O3S/c1-3-29(4-2)34(32,33)20-12-5-17(6-13-20)7-14-22(31)28-18-8-10-19(11-9-18)30-21(15-16-27-30)23(24,25)26/h5-6,8-13,15-16H,3-4,7,14H2,1-2H3,(H,28,31). The Balaban J connectivity index is 1.58. The van der Waals surface area contributed by atoms with Crippen LogP contribution in [0.25, 0.3) is 5.69 Å². The Labute approximate surface area is 196 Å². The van der Waals surface area contributed by atoms with Crippen LogP contribution < -0.4 is 5.32 Å². The van der Waals surface area contributed by atoms with Crippen LogP contribution in [0.5, 0.6) is 0 Å². The summed E-state index contributed by atoms with van der Waals surface area (Å²) in [5.41, 5.74) is 0.577. The van der Waals surface area contributed by atoms with Crippen molar-refractivity contribution in [2.75, 3.05) is 18.4 Å². The molecule has 3 aromatic rings. The summed E-state index contributed by atoms with van der Waals surface area (Å²) >= 11 is 0. The van der Waals surface area contributed by atoms with E-state index in [-0.39, 0.29) is 22.9 Å². The van der Waals surface area contributed by atoms with Gasteiger partial charge in [-0.25, -0.2) is 13.1 Å². The normalized spacial score (nSPS) is 12.2. The molecule has 1 N–H and O–H groups in total. The summed E-state index contributed by atoms with van der Waals surface area (Å²) in [6.45, 7) is 4.32. The Hall–Kier alpha value is -3.18. The summed E-state index contributed by atoms with van der Waals surface area (Å²) in [5, 5.41) is 6.42. The monoisotopic (exact) mass is 494 g/mol. The van der Waals surface area contributed by atoms with Crippen LogP contribution in [0, 0.1) is 0 Å². The molecule has 0 saturated carbocycles. The number of hydrogen-bond donors (Lipinski definition) is 1. The molecule has 0 radical (unpaired) electrons. The molecule has 0 atom stereocenters. The number of nitrogens with one attached hydrogen (secondary N) is 1. The van der Waals surface area contributed by atoms with Crippen molar-refractivity contribution in [2.45, 2.75) is 37.8 Å². The Morgan fingerprint density at radius 3 is 2.18 bits per heavy atom. The van der Waals surface area contributed by atoms with Crippen molar-refractivity contribution in [2.24, 2.45) is 0 Å². The van der Waals surface area contributed by atoms with Gasteiger partial charge in [-0.2, -0.15) is 22.6 Å². The molecule has 0 aliphatic carbocycles. The third-order valence-corrected chi connectivity index (χ3v) is 7.30. The molecule has 0 aliphatic rings. The van der Waals surface area contributed by atoms with E-state index in [1.807, 2.05) is 0 Å². The number of halogens is 3. The first kappa shape index (κ1) is 25.4. The lowest BCUT2D eigenvalue weighted by Gasteiger charge is -2.18. The molecule has 0 fully saturated rings. The smallest absolute Gasteiger partial charge is 0.326 e. The minimum atomic E-state index is -4.53. The number of sulfonamides is 1. The predicted octanol–water partition coefficient (Wildman–Crippen LogP) is 4.49. The summed E-state index contributed by atoms with van der Waals surface area (Å²) in [4.78, 5) is 12.5. The number of anilines is 1. The molecule has 1 amide bonds. The van der Waals surface area contributed by atoms with Gasteiger partial charge in [0.15, 0.2) is 0 Å². The molecule has 11 heteroatoms. The van der Waals surface area contributed by atoms with E-state index in [1.165, 1.54) is 40.7 Å². The maximum atomic E-state index is 13.0. The van der Waals surface area contributed by atoms with Crippen LogP contribution in [-0.4, -0.2) is 41.5 Å². The van der Waals surface area contributed by atoms with Crippen LogP contribution >= 0.6 is 0 Å². The maximum absolute atomic E-state index is 13.0. The molecule has 1 heterocycles. The number of nitrogens with zero attached hydrogens (tertiary/aromatic N) is 3. The predicted molar refractivity (Wildman–Crippen MR) is 122 cm³/mol. The summed E-state index contributed by atoms with van der Waals surface area (Å²) in [5.74, 6) is -0.275. The number of amides is 1. The SMILES string of the molecule is CCN(CC)S(=O)(=O)c1ccc(CCC(=O)Nc2ccc(-n3nccc3C(F)(F)F)cc2)cc1. The molecule has 0 unspecified atom stereocenters. The molecule has 1 aromatic heterocycles. The molecule has 182 valence electrons. The maximum Gasteiger partial charge on any atom is 0.433 e. The quantitative estimate of drug-likeness (QED) is 0.475. The van der Waals surface area contributed by atoms with E-state index in [4.69, 9.17) is 0 Å². The third-order valence-electron chi connectivity index (χ3n) is 5.24. The van der Waals surface area contributed by atoms with E-state index in [0.29, 0.717) is 25.2 Å². The highest BCUT2D eigenvalue weighted by atomic mass is 32.2. The van der Waals surface area contributed by atoms with Crippen LogP contribution in [0.4, 0.5) is 18.9 Å². The van der Waals surface area contributed by atoms with Crippen LogP contribution in [0.1, 0.15) is 31.5 Å². The molecule has 7 nitrogen and oxygen atoms in total. The molecule has 2 aromatic carbocycles. The van der Waals surface area contributed by atoms with E-state index in [9.17, 15) is 26.4 Å². The summed E-state index contributed by atoms with van der Waals surface area (Å²) in [6, 6.07) is 13.2. The van der Waals surface area contributed by atoms with Gasteiger partial charge in [-0.15, -0.1) is 0 Å². The van der Waals surface area contributed by atoms with Crippen molar-refractivity contribution in [3.63, 3.8) is 0 Å². The van der Waals surface area contributed by atoms with Gasteiger partial charge in [0.1, 0.15) is 5.69 Å². The summed E-state index contributed by atoms with van der Waals surface area (Å²) in [7, 11) is -3.54. The lowest BCUT2D eigenvalue weighted by atomic mass is 10.1. The largest absolute Gasteiger partial charge is 0.433 e. The first-order chi connectivity index (χ1) is 16.1. The van der Waals surface area contributed by atoms with Gasteiger partial charge < -0.3 is 5.32 Å². The average Bonchev–Trinajstić information content (AvgIpc) is 3.30. The number of aromatic nitrogens is 2. The second-order valence-electron chi connectivity index (χ2n) is 7.45. The zero-order chi connectivity index (χ0) is 24.9. The van der Waals surface area contributed by atoms with Gasteiger partial charge in [-0.3, -0.25) is 4.79 Å². The zero-order valence-electron chi connectivity index (χ0n) is 18.7. The second kappa shape index (κ2) is 10.4. The molecule has 3 rings (SSSR count). The first-order valence-electron chi connectivity index (χ1n) is 10.7. The van der Waals surface area contributed by atoms with Gasteiger partial charge in [-0.05, 0) is 54.4 Å². The lowest BCUT2D eigenvalue weighted by Crippen LogP contribution is -2.30. The molecule has 0 saturated heterocycles. The van der Waals surface area contributed by atoms with Gasteiger partial charge >= 0.3 is 6.18 Å². The minimum Gasteiger partial charge on any atom is -0.326 e. The third kappa shape index (κ3) is 5.84. The van der Waals surface area contributed by atoms with Gasteiger partial charge in [0.25, 0.3) is 0 Å².